The summed E-state index contributed by atoms with van der Waals surface area (Å²) < 4.78 is 13.7. The summed E-state index contributed by atoms with van der Waals surface area (Å²) in [4.78, 5) is 12.8. The van der Waals surface area contributed by atoms with E-state index in [1.165, 1.54) is 6.07 Å². The normalized spacial score (nSPS) is 19.1. The van der Waals surface area contributed by atoms with Gasteiger partial charge in [-0.1, -0.05) is 30.4 Å². The summed E-state index contributed by atoms with van der Waals surface area (Å²) in [5.74, 6) is -0.467. The van der Waals surface area contributed by atoms with E-state index < -0.39 is 0 Å². The molecule has 5 heteroatoms. The number of Topliss-reactive ketones (excluding diaryl/α,β-unsaturated/α-hetero) is 1. The number of hydrogen-bond donors (Lipinski definition) is 3. The minimum atomic E-state index is -0.322. The standard InChI is InChI=1S/C23H27FN2O.H3N.H2/c1-15-10-11-16(14-20(15)24)12-13-21(27)18-8-5-9-19(23(18)26)22(25)17-6-3-2-4-7-17;;/h3,6-7,10-11,14,18,25H,2,4-5,8-9,12-13,26H2,1H3;1H3;1H. The highest BCUT2D eigenvalue weighted by Gasteiger charge is 2.28. The van der Waals surface area contributed by atoms with Crippen LogP contribution in [0.4, 0.5) is 4.39 Å². The maximum absolute atomic E-state index is 13.7. The van der Waals surface area contributed by atoms with Gasteiger partial charge in [0.05, 0.1) is 11.6 Å². The van der Waals surface area contributed by atoms with Crippen molar-refractivity contribution in [2.24, 2.45) is 11.7 Å². The second-order valence-electron chi connectivity index (χ2n) is 7.44. The lowest BCUT2D eigenvalue weighted by atomic mass is 9.80. The van der Waals surface area contributed by atoms with E-state index in [2.05, 4.69) is 12.2 Å². The number of allylic oxidation sites excluding steroid dienone is 6. The molecule has 1 unspecified atom stereocenters. The number of rotatable bonds is 6. The van der Waals surface area contributed by atoms with Crippen LogP contribution in [0.5, 0.6) is 0 Å². The van der Waals surface area contributed by atoms with Crippen LogP contribution in [-0.2, 0) is 11.2 Å². The SMILES string of the molecule is Cc1ccc(CCC(=O)C2CCCC(C(=N)C3=CCCC=C3)=C2N)cc1F.N.[HH]. The molecule has 1 aromatic rings. The van der Waals surface area contributed by atoms with Crippen LogP contribution in [0.2, 0.25) is 0 Å². The molecule has 0 amide bonds. The van der Waals surface area contributed by atoms with Gasteiger partial charge in [-0.05, 0) is 73.8 Å². The van der Waals surface area contributed by atoms with E-state index in [9.17, 15) is 9.18 Å². The second kappa shape index (κ2) is 9.60. The van der Waals surface area contributed by atoms with Crippen molar-refractivity contribution < 1.29 is 10.6 Å². The van der Waals surface area contributed by atoms with Crippen LogP contribution in [0.1, 0.15) is 51.1 Å². The van der Waals surface area contributed by atoms with Crippen LogP contribution < -0.4 is 11.9 Å². The molecule has 0 radical (unpaired) electrons. The zero-order valence-corrected chi connectivity index (χ0v) is 16.6. The monoisotopic (exact) mass is 385 g/mol. The molecule has 0 spiro atoms. The Kier molecular flexibility index (Phi) is 7.46. The highest BCUT2D eigenvalue weighted by molar-refractivity contribution is 6.13. The molecule has 152 valence electrons. The van der Waals surface area contributed by atoms with Gasteiger partial charge in [0.1, 0.15) is 11.6 Å². The molecule has 2 aliphatic carbocycles. The highest BCUT2D eigenvalue weighted by Crippen LogP contribution is 2.31. The minimum absolute atomic E-state index is 0. The zero-order valence-electron chi connectivity index (χ0n) is 16.6. The van der Waals surface area contributed by atoms with Crippen LogP contribution in [0.25, 0.3) is 0 Å². The van der Waals surface area contributed by atoms with Gasteiger partial charge in [-0.3, -0.25) is 10.2 Å². The average Bonchev–Trinajstić information content (AvgIpc) is 2.69. The van der Waals surface area contributed by atoms with Gasteiger partial charge in [0.25, 0.3) is 0 Å². The largest absolute Gasteiger partial charge is 0.401 e. The van der Waals surface area contributed by atoms with E-state index in [0.29, 0.717) is 29.8 Å². The van der Waals surface area contributed by atoms with Gasteiger partial charge in [-0.2, -0.15) is 0 Å². The van der Waals surface area contributed by atoms with Crippen molar-refractivity contribution in [1.82, 2.24) is 6.15 Å². The second-order valence-corrected chi connectivity index (χ2v) is 7.44. The molecule has 0 saturated carbocycles. The van der Waals surface area contributed by atoms with Crippen molar-refractivity contribution in [2.75, 3.05) is 0 Å². The number of benzene rings is 1. The van der Waals surface area contributed by atoms with E-state index in [4.69, 9.17) is 11.1 Å². The molecular formula is C23H32FN3O. The Balaban J connectivity index is 0.00000210. The summed E-state index contributed by atoms with van der Waals surface area (Å²) in [6.45, 7) is 1.73. The maximum Gasteiger partial charge on any atom is 0.142 e. The summed E-state index contributed by atoms with van der Waals surface area (Å²) >= 11 is 0. The third-order valence-electron chi connectivity index (χ3n) is 5.51. The fraction of sp³-hybridized carbons (Fsp3) is 0.391. The predicted octanol–water partition coefficient (Wildman–Crippen LogP) is 5.35. The quantitative estimate of drug-likeness (QED) is 0.575. The Labute approximate surface area is 168 Å². The fourth-order valence-corrected chi connectivity index (χ4v) is 3.80. The fourth-order valence-electron chi connectivity index (χ4n) is 3.80. The third kappa shape index (κ3) is 4.84. The molecule has 0 bridgehead atoms. The van der Waals surface area contributed by atoms with Crippen LogP contribution in [0.3, 0.4) is 0 Å². The molecule has 0 fully saturated rings. The van der Waals surface area contributed by atoms with Crippen LogP contribution >= 0.6 is 0 Å². The van der Waals surface area contributed by atoms with E-state index in [-0.39, 0.29) is 25.1 Å². The Hall–Kier alpha value is -2.53. The number of carbonyl (C=O) groups excluding carboxylic acids is 1. The predicted molar refractivity (Wildman–Crippen MR) is 114 cm³/mol. The minimum Gasteiger partial charge on any atom is -0.401 e. The molecule has 1 atom stereocenters. The summed E-state index contributed by atoms with van der Waals surface area (Å²) in [5, 5.41) is 8.51. The van der Waals surface area contributed by atoms with Crippen LogP contribution in [0.15, 0.2) is 53.3 Å². The summed E-state index contributed by atoms with van der Waals surface area (Å²) in [7, 11) is 0. The molecule has 0 saturated heterocycles. The maximum atomic E-state index is 13.7. The Morgan fingerprint density at radius 1 is 1.36 bits per heavy atom. The number of nitrogens with two attached hydrogens (primary N) is 1. The van der Waals surface area contributed by atoms with Crippen molar-refractivity contribution in [3.63, 3.8) is 0 Å². The van der Waals surface area contributed by atoms with Gasteiger partial charge in [0.15, 0.2) is 0 Å². The molecule has 3 rings (SSSR count). The van der Waals surface area contributed by atoms with E-state index in [1.54, 1.807) is 13.0 Å². The first-order valence-corrected chi connectivity index (χ1v) is 9.69. The zero-order chi connectivity index (χ0) is 19.4. The average molecular weight is 386 g/mol. The van der Waals surface area contributed by atoms with Crippen molar-refractivity contribution in [3.8, 4) is 0 Å². The van der Waals surface area contributed by atoms with Gasteiger partial charge < -0.3 is 11.9 Å². The van der Waals surface area contributed by atoms with E-state index >= 15 is 0 Å². The topological polar surface area (TPSA) is 102 Å². The molecule has 0 aliphatic heterocycles. The molecule has 1 aromatic carbocycles. The van der Waals surface area contributed by atoms with Crippen molar-refractivity contribution in [3.05, 3.63) is 70.2 Å². The van der Waals surface area contributed by atoms with Crippen LogP contribution in [0, 0.1) is 24.1 Å². The number of aryl methyl sites for hydroxylation is 2. The molecule has 6 N–H and O–H groups in total. The first-order valence-electron chi connectivity index (χ1n) is 9.69. The highest BCUT2D eigenvalue weighted by atomic mass is 19.1. The molecular weight excluding hydrogens is 353 g/mol. The van der Waals surface area contributed by atoms with Gasteiger partial charge in [-0.25, -0.2) is 4.39 Å². The molecule has 0 heterocycles. The third-order valence-corrected chi connectivity index (χ3v) is 5.51. The Morgan fingerprint density at radius 3 is 2.82 bits per heavy atom. The van der Waals surface area contributed by atoms with E-state index in [1.807, 2.05) is 12.1 Å². The van der Waals surface area contributed by atoms with Crippen LogP contribution in [-0.4, -0.2) is 11.5 Å². The summed E-state index contributed by atoms with van der Waals surface area (Å²) in [6.07, 6.45) is 11.3. The summed E-state index contributed by atoms with van der Waals surface area (Å²) in [6, 6.07) is 5.12. The van der Waals surface area contributed by atoms with Gasteiger partial charge in [0.2, 0.25) is 0 Å². The number of ketones is 1. The molecule has 4 nitrogen and oxygen atoms in total. The Morgan fingerprint density at radius 2 is 2.14 bits per heavy atom. The lowest BCUT2D eigenvalue weighted by molar-refractivity contribution is -0.122. The van der Waals surface area contributed by atoms with Crippen molar-refractivity contribution in [1.29, 1.82) is 5.41 Å². The first kappa shape index (κ1) is 21.8. The van der Waals surface area contributed by atoms with Gasteiger partial charge in [0, 0.05) is 13.5 Å². The number of hydrogen-bond acceptors (Lipinski definition) is 4. The first-order chi connectivity index (χ1) is 13.0. The lowest BCUT2D eigenvalue weighted by Gasteiger charge is -2.26. The lowest BCUT2D eigenvalue weighted by Crippen LogP contribution is -2.29. The van der Waals surface area contributed by atoms with Gasteiger partial charge in [-0.15, -0.1) is 0 Å². The number of carbonyl (C=O) groups is 1. The summed E-state index contributed by atoms with van der Waals surface area (Å²) in [5.41, 5.74) is 10.5. The smallest absolute Gasteiger partial charge is 0.142 e. The van der Waals surface area contributed by atoms with E-state index in [0.717, 1.165) is 48.8 Å². The number of nitrogens with one attached hydrogen (secondary N) is 1. The molecule has 2 aliphatic rings. The molecule has 0 aromatic heterocycles. The number of halogens is 1. The van der Waals surface area contributed by atoms with Crippen molar-refractivity contribution in [2.45, 2.75) is 51.9 Å². The van der Waals surface area contributed by atoms with Crippen molar-refractivity contribution >= 4 is 11.5 Å². The molecule has 28 heavy (non-hydrogen) atoms. The Bertz CT molecular complexity index is 858. The van der Waals surface area contributed by atoms with Gasteiger partial charge >= 0.3 is 0 Å².